The summed E-state index contributed by atoms with van der Waals surface area (Å²) in [7, 11) is 3.70. The second-order valence-corrected chi connectivity index (χ2v) is 8.19. The molecule has 0 spiro atoms. The highest BCUT2D eigenvalue weighted by Gasteiger charge is 2.12. The van der Waals surface area contributed by atoms with Gasteiger partial charge < -0.3 is 14.5 Å². The minimum absolute atomic E-state index is 0.842. The van der Waals surface area contributed by atoms with Crippen LogP contribution in [0.3, 0.4) is 0 Å². The minimum atomic E-state index is 0.842. The Morgan fingerprint density at radius 3 is 1.60 bits per heavy atom. The molecule has 3 heteroatoms. The fraction of sp³-hybridized carbons (Fsp3) is 0.0625. The number of rotatable bonds is 7. The van der Waals surface area contributed by atoms with Gasteiger partial charge in [-0.15, -0.1) is 0 Å². The summed E-state index contributed by atoms with van der Waals surface area (Å²) in [6, 6.07) is 48.2. The predicted molar refractivity (Wildman–Crippen MR) is 145 cm³/mol. The standard InChI is InChI=1S/C32H26N2O/c1-33(28-21-23-32(35-2)24-22-28)27-17-13-25(14-18-27)26-15-19-31(20-16-26)34(29-9-5-3-6-10-29)30-11-7-4-8-12-30/h3-13,15-17,19-24H,1-2H3. The summed E-state index contributed by atoms with van der Waals surface area (Å²) >= 11 is 0. The van der Waals surface area contributed by atoms with E-state index in [1.54, 1.807) is 7.11 Å². The molecule has 0 saturated heterocycles. The molecular weight excluding hydrogens is 428 g/mol. The zero-order valence-corrected chi connectivity index (χ0v) is 19.8. The Balaban J connectivity index is 1.39. The van der Waals surface area contributed by atoms with Crippen molar-refractivity contribution in [2.75, 3.05) is 24.0 Å². The molecule has 0 radical (unpaired) electrons. The van der Waals surface area contributed by atoms with Crippen LogP contribution < -0.4 is 14.5 Å². The van der Waals surface area contributed by atoms with Crippen LogP contribution >= 0.6 is 0 Å². The van der Waals surface area contributed by atoms with Crippen LogP contribution in [0.25, 0.3) is 11.1 Å². The van der Waals surface area contributed by atoms with Gasteiger partial charge in [0.2, 0.25) is 0 Å². The van der Waals surface area contributed by atoms with Crippen molar-refractivity contribution < 1.29 is 4.74 Å². The third-order valence-corrected chi connectivity index (χ3v) is 6.02. The van der Waals surface area contributed by atoms with E-state index in [0.29, 0.717) is 0 Å². The Morgan fingerprint density at radius 2 is 1.09 bits per heavy atom. The molecule has 3 nitrogen and oxygen atoms in total. The van der Waals surface area contributed by atoms with Crippen molar-refractivity contribution in [1.29, 1.82) is 0 Å². The molecule has 0 atom stereocenters. The number of hydrogen-bond donors (Lipinski definition) is 0. The summed E-state index contributed by atoms with van der Waals surface area (Å²) in [6.07, 6.45) is 0. The van der Waals surface area contributed by atoms with Gasteiger partial charge in [-0.2, -0.15) is 0 Å². The average Bonchev–Trinajstić information content (AvgIpc) is 2.94. The highest BCUT2D eigenvalue weighted by atomic mass is 16.5. The van der Waals surface area contributed by atoms with E-state index in [1.165, 1.54) is 0 Å². The van der Waals surface area contributed by atoms with Crippen molar-refractivity contribution in [3.05, 3.63) is 133 Å². The van der Waals surface area contributed by atoms with Crippen LogP contribution in [0.4, 0.5) is 28.4 Å². The van der Waals surface area contributed by atoms with Gasteiger partial charge in [0, 0.05) is 35.4 Å². The Morgan fingerprint density at radius 1 is 0.543 bits per heavy atom. The van der Waals surface area contributed by atoms with Gasteiger partial charge in [-0.05, 0) is 84.4 Å². The summed E-state index contributed by atoms with van der Waals surface area (Å²) in [5.74, 6) is 0.842. The van der Waals surface area contributed by atoms with E-state index in [2.05, 4.69) is 107 Å². The number of methoxy groups -OCH3 is 1. The maximum absolute atomic E-state index is 5.26. The molecule has 5 rings (SSSR count). The summed E-state index contributed by atoms with van der Waals surface area (Å²) in [5.41, 5.74) is 7.48. The number of para-hydroxylation sites is 2. The number of nitrogens with zero attached hydrogens (tertiary/aromatic N) is 2. The molecule has 5 aromatic carbocycles. The van der Waals surface area contributed by atoms with Gasteiger partial charge in [0.25, 0.3) is 0 Å². The maximum Gasteiger partial charge on any atom is 0.119 e. The van der Waals surface area contributed by atoms with Crippen LogP contribution in [0.1, 0.15) is 0 Å². The van der Waals surface area contributed by atoms with E-state index in [1.807, 2.05) is 43.4 Å². The number of benzene rings is 4. The molecule has 0 bridgehead atoms. The van der Waals surface area contributed by atoms with E-state index in [9.17, 15) is 0 Å². The van der Waals surface area contributed by atoms with Crippen molar-refractivity contribution in [2.24, 2.45) is 0 Å². The highest BCUT2D eigenvalue weighted by Crippen LogP contribution is 2.35. The van der Waals surface area contributed by atoms with E-state index in [0.717, 1.165) is 45.3 Å². The topological polar surface area (TPSA) is 15.7 Å². The second-order valence-electron chi connectivity index (χ2n) is 8.19. The van der Waals surface area contributed by atoms with Crippen LogP contribution in [0, 0.1) is 12.1 Å². The lowest BCUT2D eigenvalue weighted by molar-refractivity contribution is 0.415. The summed E-state index contributed by atoms with van der Waals surface area (Å²) in [4.78, 5) is 4.34. The van der Waals surface area contributed by atoms with Gasteiger partial charge >= 0.3 is 0 Å². The summed E-state index contributed by atoms with van der Waals surface area (Å²) in [6.45, 7) is 0. The molecule has 0 saturated carbocycles. The lowest BCUT2D eigenvalue weighted by Crippen LogP contribution is -2.09. The van der Waals surface area contributed by atoms with Crippen LogP contribution in [0.2, 0.25) is 0 Å². The SMILES string of the molecule is COc1ccc(N(C)c2c#cc(-c3ccc(N(c4ccccc4)c4ccccc4)cc3)cc2)cc1. The van der Waals surface area contributed by atoms with E-state index >= 15 is 0 Å². The highest BCUT2D eigenvalue weighted by molar-refractivity contribution is 5.78. The van der Waals surface area contributed by atoms with Gasteiger partial charge in [0.1, 0.15) is 5.75 Å². The molecule has 0 heterocycles. The zero-order chi connectivity index (χ0) is 24.0. The van der Waals surface area contributed by atoms with Crippen molar-refractivity contribution in [3.8, 4) is 16.9 Å². The largest absolute Gasteiger partial charge is 0.497 e. The zero-order valence-electron chi connectivity index (χ0n) is 19.8. The monoisotopic (exact) mass is 454 g/mol. The normalized spacial score (nSPS) is 10.3. The molecule has 0 amide bonds. The number of anilines is 5. The van der Waals surface area contributed by atoms with Crippen LogP contribution in [0.15, 0.2) is 121 Å². The minimum Gasteiger partial charge on any atom is -0.497 e. The molecule has 5 aromatic rings. The Bertz CT molecular complexity index is 1310. The lowest BCUT2D eigenvalue weighted by atomic mass is 10.1. The third-order valence-electron chi connectivity index (χ3n) is 6.02. The molecule has 0 aliphatic rings. The van der Waals surface area contributed by atoms with Gasteiger partial charge in [-0.25, -0.2) is 0 Å². The molecule has 0 aliphatic carbocycles. The van der Waals surface area contributed by atoms with Gasteiger partial charge in [0.05, 0.1) is 12.8 Å². The maximum atomic E-state index is 5.26. The van der Waals surface area contributed by atoms with Crippen molar-refractivity contribution in [1.82, 2.24) is 0 Å². The number of ether oxygens (including phenoxy) is 1. The summed E-state index contributed by atoms with van der Waals surface area (Å²) < 4.78 is 5.26. The van der Waals surface area contributed by atoms with Gasteiger partial charge in [-0.3, -0.25) is 0 Å². The van der Waals surface area contributed by atoms with E-state index in [-0.39, 0.29) is 0 Å². The van der Waals surface area contributed by atoms with Crippen LogP contribution in [-0.4, -0.2) is 14.2 Å². The first-order chi connectivity index (χ1) is 17.2. The van der Waals surface area contributed by atoms with Crippen molar-refractivity contribution in [2.45, 2.75) is 0 Å². The smallest absolute Gasteiger partial charge is 0.119 e. The first kappa shape index (κ1) is 22.1. The molecule has 35 heavy (non-hydrogen) atoms. The second kappa shape index (κ2) is 10.1. The Hall–Kier alpha value is -4.68. The number of hydrogen-bond acceptors (Lipinski definition) is 3. The molecule has 0 aliphatic heterocycles. The van der Waals surface area contributed by atoms with Crippen molar-refractivity contribution in [3.63, 3.8) is 0 Å². The van der Waals surface area contributed by atoms with Crippen molar-refractivity contribution >= 4 is 28.4 Å². The molecule has 0 N–H and O–H groups in total. The molecule has 170 valence electrons. The quantitative estimate of drug-likeness (QED) is 0.246. The van der Waals surface area contributed by atoms with Crippen LogP contribution in [-0.2, 0) is 0 Å². The van der Waals surface area contributed by atoms with E-state index < -0.39 is 0 Å². The Kier molecular flexibility index (Phi) is 6.37. The third kappa shape index (κ3) is 4.83. The fourth-order valence-electron chi connectivity index (χ4n) is 4.08. The van der Waals surface area contributed by atoms with E-state index in [4.69, 9.17) is 4.74 Å². The first-order valence-electron chi connectivity index (χ1n) is 11.6. The molecule has 0 unspecified atom stereocenters. The van der Waals surface area contributed by atoms with Gasteiger partial charge in [0.15, 0.2) is 0 Å². The average molecular weight is 455 g/mol. The molecule has 0 fully saturated rings. The molecular formula is C32H26N2O. The molecule has 0 aromatic heterocycles. The van der Waals surface area contributed by atoms with Crippen LogP contribution in [0.5, 0.6) is 5.75 Å². The lowest BCUT2D eigenvalue weighted by Gasteiger charge is -2.25. The van der Waals surface area contributed by atoms with Gasteiger partial charge in [-0.1, -0.05) is 54.6 Å². The Labute approximate surface area is 207 Å². The summed E-state index contributed by atoms with van der Waals surface area (Å²) in [5, 5.41) is 0. The predicted octanol–water partition coefficient (Wildman–Crippen LogP) is 8.20. The first-order valence-corrected chi connectivity index (χ1v) is 11.6. The fourth-order valence-corrected chi connectivity index (χ4v) is 4.08.